The third kappa shape index (κ3) is 4.32. The molecule has 0 aromatic rings. The third-order valence-electron chi connectivity index (χ3n) is 1.86. The van der Waals surface area contributed by atoms with Crippen LogP contribution in [0.15, 0.2) is 0 Å². The number of nitriles is 1. The van der Waals surface area contributed by atoms with Crippen LogP contribution in [0.5, 0.6) is 0 Å². The fraction of sp³-hybridized carbons (Fsp3) is 0.889. The van der Waals surface area contributed by atoms with Crippen LogP contribution in [0.25, 0.3) is 0 Å². The lowest BCUT2D eigenvalue weighted by molar-refractivity contribution is 0.161. The molecule has 0 aliphatic rings. The van der Waals surface area contributed by atoms with Crippen molar-refractivity contribution in [2.24, 2.45) is 0 Å². The van der Waals surface area contributed by atoms with Crippen LogP contribution in [0.2, 0.25) is 0 Å². The minimum absolute atomic E-state index is 0.0369. The molecule has 0 radical (unpaired) electrons. The second-order valence-corrected chi connectivity index (χ2v) is 2.82. The highest BCUT2D eigenvalue weighted by molar-refractivity contribution is 4.90. The number of ether oxygens (including phenoxy) is 1. The second-order valence-electron chi connectivity index (χ2n) is 2.82. The van der Waals surface area contributed by atoms with Gasteiger partial charge in [0.05, 0.1) is 18.7 Å². The van der Waals surface area contributed by atoms with Crippen LogP contribution in [0.1, 0.15) is 26.7 Å². The Hall–Kier alpha value is -0.590. The van der Waals surface area contributed by atoms with Crippen molar-refractivity contribution in [3.8, 4) is 6.07 Å². The van der Waals surface area contributed by atoms with Crippen LogP contribution < -0.4 is 5.32 Å². The summed E-state index contributed by atoms with van der Waals surface area (Å²) in [6.07, 6.45) is 1.84. The molecule has 0 saturated heterocycles. The van der Waals surface area contributed by atoms with Crippen LogP contribution in [-0.2, 0) is 4.74 Å². The van der Waals surface area contributed by atoms with E-state index in [0.29, 0.717) is 12.6 Å². The summed E-state index contributed by atoms with van der Waals surface area (Å²) in [5.74, 6) is 0. The van der Waals surface area contributed by atoms with Crippen molar-refractivity contribution in [2.75, 3.05) is 13.7 Å². The molecule has 2 atom stereocenters. The first-order valence-corrected chi connectivity index (χ1v) is 4.43. The quantitative estimate of drug-likeness (QED) is 0.653. The Kier molecular flexibility index (Phi) is 6.73. The number of hydrogen-bond donors (Lipinski definition) is 1. The van der Waals surface area contributed by atoms with Gasteiger partial charge in [-0.15, -0.1) is 0 Å². The van der Waals surface area contributed by atoms with E-state index >= 15 is 0 Å². The van der Waals surface area contributed by atoms with Gasteiger partial charge in [-0.1, -0.05) is 13.8 Å². The number of rotatable bonds is 6. The van der Waals surface area contributed by atoms with E-state index < -0.39 is 0 Å². The molecule has 3 nitrogen and oxygen atoms in total. The summed E-state index contributed by atoms with van der Waals surface area (Å²) in [6.45, 7) is 4.76. The lowest BCUT2D eigenvalue weighted by Crippen LogP contribution is -2.39. The number of methoxy groups -OCH3 is 1. The summed E-state index contributed by atoms with van der Waals surface area (Å²) >= 11 is 0. The fourth-order valence-electron chi connectivity index (χ4n) is 1.02. The van der Waals surface area contributed by atoms with Gasteiger partial charge in [0.25, 0.3) is 0 Å². The lowest BCUT2D eigenvalue weighted by Gasteiger charge is -2.18. The van der Waals surface area contributed by atoms with Gasteiger partial charge in [-0.3, -0.25) is 5.32 Å². The molecule has 0 aromatic heterocycles. The van der Waals surface area contributed by atoms with Gasteiger partial charge in [-0.25, -0.2) is 0 Å². The Morgan fingerprint density at radius 3 is 2.42 bits per heavy atom. The minimum atomic E-state index is -0.0369. The number of nitrogens with one attached hydrogen (secondary N) is 1. The van der Waals surface area contributed by atoms with E-state index in [1.165, 1.54) is 0 Å². The van der Waals surface area contributed by atoms with Gasteiger partial charge in [-0.2, -0.15) is 5.26 Å². The summed E-state index contributed by atoms with van der Waals surface area (Å²) in [7, 11) is 1.68. The van der Waals surface area contributed by atoms with Gasteiger partial charge in [0.1, 0.15) is 0 Å². The van der Waals surface area contributed by atoms with Crippen LogP contribution in [0.4, 0.5) is 0 Å². The Balaban J connectivity index is 3.75. The smallest absolute Gasteiger partial charge is 0.0953 e. The first kappa shape index (κ1) is 11.4. The Bertz CT molecular complexity index is 142. The Morgan fingerprint density at radius 1 is 1.42 bits per heavy atom. The van der Waals surface area contributed by atoms with Crippen molar-refractivity contribution < 1.29 is 4.74 Å². The molecular formula is C9H18N2O. The molecule has 0 spiro atoms. The summed E-state index contributed by atoms with van der Waals surface area (Å²) in [5, 5.41) is 11.9. The molecule has 12 heavy (non-hydrogen) atoms. The molecule has 0 aliphatic heterocycles. The normalized spacial score (nSPS) is 15.2. The molecule has 2 unspecified atom stereocenters. The Labute approximate surface area is 74.7 Å². The minimum Gasteiger partial charge on any atom is -0.383 e. The highest BCUT2D eigenvalue weighted by atomic mass is 16.5. The van der Waals surface area contributed by atoms with Crippen molar-refractivity contribution in [2.45, 2.75) is 38.8 Å². The Morgan fingerprint density at radius 2 is 2.08 bits per heavy atom. The summed E-state index contributed by atoms with van der Waals surface area (Å²) in [4.78, 5) is 0. The topological polar surface area (TPSA) is 45.0 Å². The largest absolute Gasteiger partial charge is 0.383 e. The van der Waals surface area contributed by atoms with Gasteiger partial charge in [0.15, 0.2) is 0 Å². The van der Waals surface area contributed by atoms with E-state index in [1.54, 1.807) is 7.11 Å². The third-order valence-corrected chi connectivity index (χ3v) is 1.86. The molecule has 1 N–H and O–H groups in total. The molecule has 0 saturated carbocycles. The summed E-state index contributed by atoms with van der Waals surface area (Å²) in [6, 6.07) is 2.48. The number of nitrogens with zero attached hydrogens (tertiary/aromatic N) is 1. The predicted molar refractivity (Wildman–Crippen MR) is 48.8 cm³/mol. The molecule has 0 fully saturated rings. The maximum absolute atomic E-state index is 8.69. The molecular weight excluding hydrogens is 152 g/mol. The second kappa shape index (κ2) is 7.08. The van der Waals surface area contributed by atoms with Crippen molar-refractivity contribution in [3.63, 3.8) is 0 Å². The molecule has 0 heterocycles. The average molecular weight is 170 g/mol. The van der Waals surface area contributed by atoms with Crippen LogP contribution in [0.3, 0.4) is 0 Å². The SMILES string of the molecule is CCC(C#N)NC(CC)COC. The molecule has 0 aromatic carbocycles. The number of hydrogen-bond acceptors (Lipinski definition) is 3. The molecule has 0 rings (SSSR count). The zero-order valence-corrected chi connectivity index (χ0v) is 8.13. The van der Waals surface area contributed by atoms with Crippen LogP contribution in [-0.4, -0.2) is 25.8 Å². The molecule has 70 valence electrons. The highest BCUT2D eigenvalue weighted by Crippen LogP contribution is 1.96. The maximum atomic E-state index is 8.69. The molecule has 0 bridgehead atoms. The highest BCUT2D eigenvalue weighted by Gasteiger charge is 2.10. The summed E-state index contributed by atoms with van der Waals surface area (Å²) in [5.41, 5.74) is 0. The average Bonchev–Trinajstić information content (AvgIpc) is 2.12. The first-order chi connectivity index (χ1) is 5.78. The van der Waals surface area contributed by atoms with Gasteiger partial charge < -0.3 is 4.74 Å². The first-order valence-electron chi connectivity index (χ1n) is 4.43. The van der Waals surface area contributed by atoms with E-state index in [-0.39, 0.29) is 6.04 Å². The molecule has 3 heteroatoms. The van der Waals surface area contributed by atoms with E-state index in [4.69, 9.17) is 10.00 Å². The van der Waals surface area contributed by atoms with Crippen molar-refractivity contribution in [1.82, 2.24) is 5.32 Å². The molecule has 0 aliphatic carbocycles. The van der Waals surface area contributed by atoms with E-state index in [0.717, 1.165) is 12.8 Å². The van der Waals surface area contributed by atoms with Gasteiger partial charge in [-0.05, 0) is 12.8 Å². The van der Waals surface area contributed by atoms with Crippen LogP contribution in [0, 0.1) is 11.3 Å². The summed E-state index contributed by atoms with van der Waals surface area (Å²) < 4.78 is 5.01. The van der Waals surface area contributed by atoms with Crippen molar-refractivity contribution >= 4 is 0 Å². The van der Waals surface area contributed by atoms with Gasteiger partial charge >= 0.3 is 0 Å². The fourth-order valence-corrected chi connectivity index (χ4v) is 1.02. The van der Waals surface area contributed by atoms with Crippen LogP contribution >= 0.6 is 0 Å². The van der Waals surface area contributed by atoms with Gasteiger partial charge in [0.2, 0.25) is 0 Å². The standard InChI is InChI=1S/C9H18N2O/c1-4-8(6-10)11-9(5-2)7-12-3/h8-9,11H,4-5,7H2,1-3H3. The van der Waals surface area contributed by atoms with E-state index in [1.807, 2.05) is 6.92 Å². The monoisotopic (exact) mass is 170 g/mol. The zero-order valence-electron chi connectivity index (χ0n) is 8.13. The predicted octanol–water partition coefficient (Wildman–Crippen LogP) is 1.30. The zero-order chi connectivity index (χ0) is 9.40. The van der Waals surface area contributed by atoms with Crippen molar-refractivity contribution in [3.05, 3.63) is 0 Å². The van der Waals surface area contributed by atoms with Gasteiger partial charge in [0, 0.05) is 13.2 Å². The van der Waals surface area contributed by atoms with E-state index in [9.17, 15) is 0 Å². The van der Waals surface area contributed by atoms with E-state index in [2.05, 4.69) is 18.3 Å². The maximum Gasteiger partial charge on any atom is 0.0953 e. The van der Waals surface area contributed by atoms with Crippen molar-refractivity contribution in [1.29, 1.82) is 5.26 Å². The molecule has 0 amide bonds. The lowest BCUT2D eigenvalue weighted by atomic mass is 10.2.